The molecule has 1 aliphatic heterocycles. The number of benzene rings is 2. The Bertz CT molecular complexity index is 1050. The maximum Gasteiger partial charge on any atom is 0.321 e. The van der Waals surface area contributed by atoms with Gasteiger partial charge in [-0.25, -0.2) is 9.78 Å². The molecule has 1 aliphatic rings. The molecule has 2 unspecified atom stereocenters. The highest BCUT2D eigenvalue weighted by Crippen LogP contribution is 2.30. The highest BCUT2D eigenvalue weighted by atomic mass is 16.4. The zero-order valence-electron chi connectivity index (χ0n) is 17.0. The van der Waals surface area contributed by atoms with E-state index in [1.54, 1.807) is 4.90 Å². The molecule has 0 saturated carbocycles. The number of para-hydroxylation sites is 3. The van der Waals surface area contributed by atoms with E-state index in [-0.39, 0.29) is 24.3 Å². The maximum absolute atomic E-state index is 12.8. The normalized spacial score (nSPS) is 19.0. The first kappa shape index (κ1) is 19.9. The number of aryl methyl sites for hydroxylation is 1. The quantitative estimate of drug-likeness (QED) is 0.675. The molecule has 1 aromatic heterocycles. The van der Waals surface area contributed by atoms with Crippen LogP contribution in [0.15, 0.2) is 54.6 Å². The summed E-state index contributed by atoms with van der Waals surface area (Å²) in [6.07, 6.45) is 1.42. The monoisotopic (exact) mass is 406 g/mol. The number of hydrogen-bond donors (Lipinski definition) is 2. The van der Waals surface area contributed by atoms with Crippen LogP contribution in [0.25, 0.3) is 11.0 Å². The number of carbonyl (C=O) groups is 2. The number of aliphatic carboxylic acids is 1. The molecule has 1 saturated heterocycles. The predicted octanol–water partition coefficient (Wildman–Crippen LogP) is 3.76. The summed E-state index contributed by atoms with van der Waals surface area (Å²) >= 11 is 0. The predicted molar refractivity (Wildman–Crippen MR) is 115 cm³/mol. The highest BCUT2D eigenvalue weighted by Gasteiger charge is 2.33. The molecule has 4 rings (SSSR count). The molecule has 2 aromatic carbocycles. The number of rotatable bonds is 5. The van der Waals surface area contributed by atoms with E-state index in [1.807, 2.05) is 61.6 Å². The number of imidazole rings is 1. The van der Waals surface area contributed by atoms with Gasteiger partial charge in [0.2, 0.25) is 0 Å². The van der Waals surface area contributed by atoms with Crippen molar-refractivity contribution in [3.05, 3.63) is 60.4 Å². The van der Waals surface area contributed by atoms with E-state index in [2.05, 4.69) is 9.88 Å². The smallest absolute Gasteiger partial charge is 0.321 e. The van der Waals surface area contributed by atoms with Crippen molar-refractivity contribution in [2.24, 2.45) is 18.9 Å². The summed E-state index contributed by atoms with van der Waals surface area (Å²) in [7, 11) is 1.99. The molecule has 2 atom stereocenters. The highest BCUT2D eigenvalue weighted by molar-refractivity contribution is 5.89. The summed E-state index contributed by atoms with van der Waals surface area (Å²) in [6, 6.07) is 17.2. The summed E-state index contributed by atoms with van der Waals surface area (Å²) in [4.78, 5) is 30.7. The number of fused-ring (bicyclic) bond motifs is 1. The van der Waals surface area contributed by atoms with E-state index in [9.17, 15) is 14.7 Å². The Morgan fingerprint density at radius 3 is 2.57 bits per heavy atom. The summed E-state index contributed by atoms with van der Waals surface area (Å²) < 4.78 is 2.07. The number of amides is 2. The minimum absolute atomic E-state index is 0.0167. The number of carboxylic acid groups (broad SMARTS) is 1. The number of urea groups is 1. The molecule has 0 spiro atoms. The lowest BCUT2D eigenvalue weighted by atomic mass is 9.81. The van der Waals surface area contributed by atoms with Gasteiger partial charge in [0.05, 0.1) is 11.0 Å². The topological polar surface area (TPSA) is 87.5 Å². The van der Waals surface area contributed by atoms with Gasteiger partial charge in [-0.2, -0.15) is 0 Å². The number of anilines is 1. The van der Waals surface area contributed by atoms with Crippen molar-refractivity contribution in [3.63, 3.8) is 0 Å². The third-order valence-electron chi connectivity index (χ3n) is 5.96. The number of piperidine rings is 1. The lowest BCUT2D eigenvalue weighted by Gasteiger charge is -2.38. The fraction of sp³-hybridized carbons (Fsp3) is 0.348. The second-order valence-electron chi connectivity index (χ2n) is 7.93. The average molecular weight is 406 g/mol. The zero-order valence-corrected chi connectivity index (χ0v) is 17.0. The van der Waals surface area contributed by atoms with E-state index in [4.69, 9.17) is 4.98 Å². The first-order valence-corrected chi connectivity index (χ1v) is 10.2. The van der Waals surface area contributed by atoms with Crippen LogP contribution in [0.2, 0.25) is 0 Å². The van der Waals surface area contributed by atoms with Gasteiger partial charge in [-0.05, 0) is 42.5 Å². The Morgan fingerprint density at radius 1 is 1.10 bits per heavy atom. The van der Waals surface area contributed by atoms with Crippen LogP contribution in [-0.4, -0.2) is 44.6 Å². The minimum atomic E-state index is -0.794. The third kappa shape index (κ3) is 4.30. The van der Waals surface area contributed by atoms with Gasteiger partial charge in [0, 0.05) is 38.7 Å². The number of nitrogens with one attached hydrogen (secondary N) is 1. The van der Waals surface area contributed by atoms with Gasteiger partial charge >= 0.3 is 12.0 Å². The number of likely N-dealkylation sites (tertiary alicyclic amines) is 1. The van der Waals surface area contributed by atoms with Crippen molar-refractivity contribution < 1.29 is 14.7 Å². The second kappa shape index (κ2) is 8.57. The van der Waals surface area contributed by atoms with Crippen LogP contribution in [0.1, 0.15) is 18.7 Å². The molecule has 2 amide bonds. The van der Waals surface area contributed by atoms with Crippen LogP contribution in [0.4, 0.5) is 10.5 Å². The third-order valence-corrected chi connectivity index (χ3v) is 5.96. The van der Waals surface area contributed by atoms with Crippen molar-refractivity contribution in [1.82, 2.24) is 14.5 Å². The number of aromatic nitrogens is 2. The van der Waals surface area contributed by atoms with Crippen LogP contribution in [0.5, 0.6) is 0 Å². The summed E-state index contributed by atoms with van der Waals surface area (Å²) in [5.74, 6) is 0.175. The van der Waals surface area contributed by atoms with E-state index in [0.717, 1.165) is 22.5 Å². The Hall–Kier alpha value is -3.35. The van der Waals surface area contributed by atoms with Crippen molar-refractivity contribution in [2.45, 2.75) is 19.3 Å². The van der Waals surface area contributed by atoms with Crippen LogP contribution in [0.3, 0.4) is 0 Å². The lowest BCUT2D eigenvalue weighted by molar-refractivity contribution is -0.139. The molecule has 156 valence electrons. The van der Waals surface area contributed by atoms with Gasteiger partial charge in [-0.1, -0.05) is 30.3 Å². The van der Waals surface area contributed by atoms with Crippen molar-refractivity contribution in [1.29, 1.82) is 0 Å². The molecule has 2 N–H and O–H groups in total. The van der Waals surface area contributed by atoms with E-state index >= 15 is 0 Å². The maximum atomic E-state index is 12.8. The summed E-state index contributed by atoms with van der Waals surface area (Å²) in [5, 5.41) is 12.3. The molecular weight excluding hydrogens is 380 g/mol. The van der Waals surface area contributed by atoms with Gasteiger partial charge in [-0.3, -0.25) is 4.79 Å². The van der Waals surface area contributed by atoms with Gasteiger partial charge in [0.1, 0.15) is 5.82 Å². The molecule has 0 radical (unpaired) electrons. The zero-order chi connectivity index (χ0) is 21.1. The molecule has 2 heterocycles. The lowest BCUT2D eigenvalue weighted by Crippen LogP contribution is -2.46. The SMILES string of the molecule is Cn1c(CC2CN(C(=O)Nc3ccccc3)CCC2CC(=O)O)nc2ccccc21. The molecular formula is C23H26N4O3. The number of nitrogens with zero attached hydrogens (tertiary/aromatic N) is 3. The Balaban J connectivity index is 1.52. The number of carboxylic acids is 1. The fourth-order valence-electron chi connectivity index (χ4n) is 4.33. The molecule has 0 aliphatic carbocycles. The van der Waals surface area contributed by atoms with Gasteiger partial charge in [0.15, 0.2) is 0 Å². The molecule has 7 heteroatoms. The van der Waals surface area contributed by atoms with E-state index in [1.165, 1.54) is 0 Å². The molecule has 0 bridgehead atoms. The molecule has 3 aromatic rings. The average Bonchev–Trinajstić information content (AvgIpc) is 3.05. The summed E-state index contributed by atoms with van der Waals surface area (Å²) in [5.41, 5.74) is 2.73. The Kier molecular flexibility index (Phi) is 5.70. The minimum Gasteiger partial charge on any atom is -0.481 e. The van der Waals surface area contributed by atoms with Crippen LogP contribution in [-0.2, 0) is 18.3 Å². The molecule has 7 nitrogen and oxygen atoms in total. The first-order valence-electron chi connectivity index (χ1n) is 10.2. The van der Waals surface area contributed by atoms with Gasteiger partial charge in [0.25, 0.3) is 0 Å². The Morgan fingerprint density at radius 2 is 1.83 bits per heavy atom. The van der Waals surface area contributed by atoms with E-state index < -0.39 is 5.97 Å². The van der Waals surface area contributed by atoms with Crippen LogP contribution in [0, 0.1) is 11.8 Å². The van der Waals surface area contributed by atoms with Crippen LogP contribution >= 0.6 is 0 Å². The molecule has 30 heavy (non-hydrogen) atoms. The first-order chi connectivity index (χ1) is 14.5. The number of hydrogen-bond acceptors (Lipinski definition) is 3. The van der Waals surface area contributed by atoms with E-state index in [0.29, 0.717) is 25.9 Å². The van der Waals surface area contributed by atoms with Gasteiger partial charge < -0.3 is 19.9 Å². The Labute approximate surface area is 175 Å². The fourth-order valence-corrected chi connectivity index (χ4v) is 4.33. The number of carbonyl (C=O) groups excluding carboxylic acids is 1. The van der Waals surface area contributed by atoms with Crippen molar-refractivity contribution >= 4 is 28.7 Å². The van der Waals surface area contributed by atoms with Crippen molar-refractivity contribution in [3.8, 4) is 0 Å². The van der Waals surface area contributed by atoms with Crippen LogP contribution < -0.4 is 5.32 Å². The standard InChI is InChI=1S/C23H26N4O3/c1-26-20-10-6-5-9-19(20)25-21(26)13-17-15-27(12-11-16(17)14-22(28)29)23(30)24-18-7-3-2-4-8-18/h2-10,16-17H,11-15H2,1H3,(H,24,30)(H,28,29). The van der Waals surface area contributed by atoms with Crippen molar-refractivity contribution in [2.75, 3.05) is 18.4 Å². The largest absolute Gasteiger partial charge is 0.481 e. The second-order valence-corrected chi connectivity index (χ2v) is 7.93. The molecule has 1 fully saturated rings. The summed E-state index contributed by atoms with van der Waals surface area (Å²) in [6.45, 7) is 1.06. The van der Waals surface area contributed by atoms with Gasteiger partial charge in [-0.15, -0.1) is 0 Å².